The molecule has 1 heterocycles. The molecule has 110 valence electrons. The number of alkyl halides is 1. The van der Waals surface area contributed by atoms with Crippen LogP contribution in [0.2, 0.25) is 0 Å². The van der Waals surface area contributed by atoms with Crippen molar-refractivity contribution in [1.29, 1.82) is 0 Å². The summed E-state index contributed by atoms with van der Waals surface area (Å²) in [6.45, 7) is 4.76. The van der Waals surface area contributed by atoms with Gasteiger partial charge in [-0.2, -0.15) is 0 Å². The van der Waals surface area contributed by atoms with Gasteiger partial charge in [-0.1, -0.05) is 6.92 Å². The van der Waals surface area contributed by atoms with Gasteiger partial charge in [0, 0.05) is 25.7 Å². The van der Waals surface area contributed by atoms with Gasteiger partial charge in [0.2, 0.25) is 0 Å². The van der Waals surface area contributed by atoms with E-state index in [9.17, 15) is 0 Å². The normalized spacial score (nSPS) is 12.8. The number of aromatic nitrogens is 1. The maximum absolute atomic E-state index is 5.84. The van der Waals surface area contributed by atoms with Gasteiger partial charge in [-0.05, 0) is 12.8 Å². The van der Waals surface area contributed by atoms with E-state index in [0.717, 1.165) is 23.5 Å². The first-order chi connectivity index (χ1) is 9.31. The van der Waals surface area contributed by atoms with Crippen LogP contribution < -0.4 is 0 Å². The molecule has 0 saturated carbocycles. The molecule has 0 radical (unpaired) electrons. The van der Waals surface area contributed by atoms with Crippen LogP contribution in [-0.2, 0) is 20.1 Å². The molecule has 19 heavy (non-hydrogen) atoms. The molecule has 1 atom stereocenters. The summed E-state index contributed by atoms with van der Waals surface area (Å²) in [5.74, 6) is 0.459. The number of ether oxygens (including phenoxy) is 3. The summed E-state index contributed by atoms with van der Waals surface area (Å²) in [6, 6.07) is 0. The molecule has 0 saturated heterocycles. The Labute approximate surface area is 124 Å². The van der Waals surface area contributed by atoms with Gasteiger partial charge >= 0.3 is 0 Å². The molecule has 1 unspecified atom stereocenters. The molecule has 1 aromatic heterocycles. The number of thiazole rings is 1. The molecule has 0 spiro atoms. The first-order valence-corrected chi connectivity index (χ1v) is 7.91. The lowest BCUT2D eigenvalue weighted by Gasteiger charge is -2.13. The van der Waals surface area contributed by atoms with Gasteiger partial charge in [0.1, 0.15) is 11.1 Å². The topological polar surface area (TPSA) is 40.6 Å². The molecular formula is C13H22ClNO3S. The fraction of sp³-hybridized carbons (Fsp3) is 0.769. The van der Waals surface area contributed by atoms with E-state index in [1.807, 2.05) is 5.38 Å². The van der Waals surface area contributed by atoms with E-state index >= 15 is 0 Å². The van der Waals surface area contributed by atoms with Crippen molar-refractivity contribution in [1.82, 2.24) is 4.98 Å². The average Bonchev–Trinajstić information content (AvgIpc) is 2.91. The summed E-state index contributed by atoms with van der Waals surface area (Å²) >= 11 is 7.37. The van der Waals surface area contributed by atoms with Crippen molar-refractivity contribution in [2.24, 2.45) is 0 Å². The lowest BCUT2D eigenvalue weighted by molar-refractivity contribution is 0.0212. The second-order valence-corrected chi connectivity index (χ2v) is 5.19. The third-order valence-electron chi connectivity index (χ3n) is 2.54. The monoisotopic (exact) mass is 307 g/mol. The molecule has 0 fully saturated rings. The Morgan fingerprint density at radius 1 is 1.32 bits per heavy atom. The maximum atomic E-state index is 5.84. The van der Waals surface area contributed by atoms with Crippen LogP contribution in [0.4, 0.5) is 0 Å². The molecule has 0 aliphatic rings. The standard InChI is InChI=1S/C13H22ClNO3S/c1-3-12(13-15-11(9-14)10-19-13)18-6-4-5-17-8-7-16-2/h10,12H,3-9H2,1-2H3. The Balaban J connectivity index is 2.18. The molecule has 1 aromatic rings. The fourth-order valence-corrected chi connectivity index (χ4v) is 2.70. The highest BCUT2D eigenvalue weighted by Gasteiger charge is 2.13. The van der Waals surface area contributed by atoms with Crippen molar-refractivity contribution in [2.75, 3.05) is 33.5 Å². The van der Waals surface area contributed by atoms with E-state index in [0.29, 0.717) is 32.3 Å². The molecule has 0 aromatic carbocycles. The third-order valence-corrected chi connectivity index (χ3v) is 3.80. The van der Waals surface area contributed by atoms with Gasteiger partial charge in [-0.25, -0.2) is 4.98 Å². The highest BCUT2D eigenvalue weighted by molar-refractivity contribution is 7.09. The lowest BCUT2D eigenvalue weighted by Crippen LogP contribution is -2.08. The van der Waals surface area contributed by atoms with Crippen molar-refractivity contribution in [2.45, 2.75) is 31.7 Å². The zero-order valence-corrected chi connectivity index (χ0v) is 13.1. The van der Waals surface area contributed by atoms with Crippen molar-refractivity contribution in [3.8, 4) is 0 Å². The van der Waals surface area contributed by atoms with Gasteiger partial charge in [-0.15, -0.1) is 22.9 Å². The van der Waals surface area contributed by atoms with E-state index in [2.05, 4.69) is 11.9 Å². The summed E-state index contributed by atoms with van der Waals surface area (Å²) in [5.41, 5.74) is 0.923. The van der Waals surface area contributed by atoms with E-state index in [-0.39, 0.29) is 6.10 Å². The quantitative estimate of drug-likeness (QED) is 0.464. The van der Waals surface area contributed by atoms with Gasteiger partial charge in [0.05, 0.1) is 24.8 Å². The zero-order valence-electron chi connectivity index (χ0n) is 11.6. The lowest BCUT2D eigenvalue weighted by atomic mass is 10.3. The van der Waals surface area contributed by atoms with E-state index in [1.54, 1.807) is 18.4 Å². The SMILES string of the molecule is CCC(OCCCOCCOC)c1nc(CCl)cs1. The van der Waals surface area contributed by atoms with Crippen LogP contribution >= 0.6 is 22.9 Å². The van der Waals surface area contributed by atoms with E-state index in [1.165, 1.54) is 0 Å². The minimum atomic E-state index is 0.0703. The van der Waals surface area contributed by atoms with E-state index < -0.39 is 0 Å². The molecule has 1 rings (SSSR count). The number of methoxy groups -OCH3 is 1. The Bertz CT molecular complexity index is 335. The Hall–Kier alpha value is -0.200. The van der Waals surface area contributed by atoms with Crippen molar-refractivity contribution in [3.63, 3.8) is 0 Å². The summed E-state index contributed by atoms with van der Waals surface area (Å²) in [4.78, 5) is 4.45. The molecular weight excluding hydrogens is 286 g/mol. The van der Waals surface area contributed by atoms with Crippen LogP contribution in [0.25, 0.3) is 0 Å². The Kier molecular flexibility index (Phi) is 9.38. The summed E-state index contributed by atoms with van der Waals surface area (Å²) in [7, 11) is 1.67. The van der Waals surface area contributed by atoms with Crippen LogP contribution in [0, 0.1) is 0 Å². The molecule has 0 aliphatic carbocycles. The molecule has 0 aliphatic heterocycles. The largest absolute Gasteiger partial charge is 0.382 e. The molecule has 4 nitrogen and oxygen atoms in total. The second-order valence-electron chi connectivity index (χ2n) is 4.04. The minimum Gasteiger partial charge on any atom is -0.382 e. The molecule has 0 N–H and O–H groups in total. The Morgan fingerprint density at radius 3 is 2.79 bits per heavy atom. The third kappa shape index (κ3) is 6.68. The summed E-state index contributed by atoms with van der Waals surface area (Å²) in [6.07, 6.45) is 1.87. The van der Waals surface area contributed by atoms with Gasteiger partial charge in [-0.3, -0.25) is 0 Å². The molecule has 0 bridgehead atoms. The van der Waals surface area contributed by atoms with Gasteiger partial charge < -0.3 is 14.2 Å². The first-order valence-electron chi connectivity index (χ1n) is 6.50. The van der Waals surface area contributed by atoms with Crippen LogP contribution in [0.15, 0.2) is 5.38 Å². The second kappa shape index (κ2) is 10.6. The minimum absolute atomic E-state index is 0.0703. The maximum Gasteiger partial charge on any atom is 0.122 e. The molecule has 0 amide bonds. The number of rotatable bonds is 11. The van der Waals surface area contributed by atoms with Crippen molar-refractivity contribution in [3.05, 3.63) is 16.1 Å². The van der Waals surface area contributed by atoms with Gasteiger partial charge in [0.15, 0.2) is 0 Å². The van der Waals surface area contributed by atoms with E-state index in [4.69, 9.17) is 25.8 Å². The number of nitrogens with zero attached hydrogens (tertiary/aromatic N) is 1. The predicted molar refractivity (Wildman–Crippen MR) is 78.0 cm³/mol. The van der Waals surface area contributed by atoms with Gasteiger partial charge in [0.25, 0.3) is 0 Å². The smallest absolute Gasteiger partial charge is 0.122 e. The zero-order chi connectivity index (χ0) is 13.9. The molecule has 6 heteroatoms. The predicted octanol–water partition coefficient (Wildman–Crippen LogP) is 3.40. The number of halogens is 1. The summed E-state index contributed by atoms with van der Waals surface area (Å²) in [5, 5.41) is 3.00. The highest BCUT2D eigenvalue weighted by Crippen LogP contribution is 2.25. The summed E-state index contributed by atoms with van der Waals surface area (Å²) < 4.78 is 16.1. The first kappa shape index (κ1) is 16.9. The van der Waals surface area contributed by atoms with Crippen molar-refractivity contribution < 1.29 is 14.2 Å². The van der Waals surface area contributed by atoms with Crippen molar-refractivity contribution >= 4 is 22.9 Å². The van der Waals surface area contributed by atoms with Crippen LogP contribution in [0.3, 0.4) is 0 Å². The fourth-order valence-electron chi connectivity index (χ4n) is 1.53. The number of hydrogen-bond acceptors (Lipinski definition) is 5. The number of hydrogen-bond donors (Lipinski definition) is 0. The van der Waals surface area contributed by atoms with Crippen LogP contribution in [0.5, 0.6) is 0 Å². The Morgan fingerprint density at radius 2 is 2.16 bits per heavy atom. The highest BCUT2D eigenvalue weighted by atomic mass is 35.5. The van der Waals surface area contributed by atoms with Crippen LogP contribution in [0.1, 0.15) is 36.6 Å². The average molecular weight is 308 g/mol. The van der Waals surface area contributed by atoms with Crippen LogP contribution in [-0.4, -0.2) is 38.5 Å².